The summed E-state index contributed by atoms with van der Waals surface area (Å²) in [5, 5.41) is 1.69. The van der Waals surface area contributed by atoms with E-state index in [2.05, 4.69) is 0 Å². The van der Waals surface area contributed by atoms with Crippen LogP contribution in [0.15, 0.2) is 91.0 Å². The zero-order valence-electron chi connectivity index (χ0n) is 13.6. The first-order valence-corrected chi connectivity index (χ1v) is 9.82. The van der Waals surface area contributed by atoms with Crippen LogP contribution in [0.3, 0.4) is 0 Å². The maximum absolute atomic E-state index is 13.1. The number of carbonyl (C=O) groups excluding carboxylic acids is 1. The van der Waals surface area contributed by atoms with Gasteiger partial charge in [0.15, 0.2) is 0 Å². The summed E-state index contributed by atoms with van der Waals surface area (Å²) in [6.07, 6.45) is -5.07. The fraction of sp³-hybridized carbons (Fsp3) is 0.0500. The molecule has 0 saturated heterocycles. The molecule has 0 fully saturated rings. The summed E-state index contributed by atoms with van der Waals surface area (Å²) in [5.41, 5.74) is 0. The normalized spacial score (nSPS) is 12.4. The number of benzene rings is 3. The van der Waals surface area contributed by atoms with Crippen LogP contribution >= 0.6 is 7.49 Å². The Kier molecular flexibility index (Phi) is 5.10. The average Bonchev–Trinajstić information content (AvgIpc) is 2.67. The predicted molar refractivity (Wildman–Crippen MR) is 98.7 cm³/mol. The van der Waals surface area contributed by atoms with Crippen LogP contribution in [0.5, 0.6) is 0 Å². The molecule has 0 aliphatic rings. The molecule has 6 heteroatoms. The Bertz CT molecular complexity index is 769. The molecular weight excluding hydrogens is 360 g/mol. The van der Waals surface area contributed by atoms with Crippen LogP contribution in [-0.4, -0.2) is 12.1 Å². The molecule has 3 aromatic carbocycles. The van der Waals surface area contributed by atoms with Gasteiger partial charge < -0.3 is 0 Å². The minimum atomic E-state index is -5.07. The van der Waals surface area contributed by atoms with Gasteiger partial charge in [0, 0.05) is 0 Å². The predicted octanol–water partition coefficient (Wildman–Crippen LogP) is 3.73. The quantitative estimate of drug-likeness (QED) is 0.649. The van der Waals surface area contributed by atoms with Gasteiger partial charge in [-0.3, -0.25) is 0 Å². The third kappa shape index (κ3) is 3.49. The van der Waals surface area contributed by atoms with E-state index in [9.17, 15) is 18.0 Å². The van der Waals surface area contributed by atoms with Gasteiger partial charge in [-0.1, -0.05) is 0 Å². The van der Waals surface area contributed by atoms with Crippen molar-refractivity contribution in [3.63, 3.8) is 0 Å². The molecule has 3 aromatic rings. The van der Waals surface area contributed by atoms with Gasteiger partial charge in [0.2, 0.25) is 0 Å². The Labute approximate surface area is 149 Å². The number of hydrogen-bond acceptors (Lipinski definition) is 2. The number of carbonyl (C=O) groups is 1. The molecule has 134 valence electrons. The molecule has 26 heavy (non-hydrogen) atoms. The minimum absolute atomic E-state index is 0.565. The molecule has 0 spiro atoms. The summed E-state index contributed by atoms with van der Waals surface area (Å²) in [6, 6.07) is 25.9. The number of halogens is 3. The van der Waals surface area contributed by atoms with Gasteiger partial charge in [0.1, 0.15) is 0 Å². The van der Waals surface area contributed by atoms with Crippen molar-refractivity contribution in [1.29, 1.82) is 0 Å². The SMILES string of the molecule is O=C(O[PH](c1ccccc1)(c1ccccc1)c1ccccc1)C(F)(F)F. The van der Waals surface area contributed by atoms with Gasteiger partial charge in [-0.05, 0) is 0 Å². The van der Waals surface area contributed by atoms with Crippen LogP contribution in [0.4, 0.5) is 13.2 Å². The van der Waals surface area contributed by atoms with Crippen molar-refractivity contribution in [2.75, 3.05) is 0 Å². The van der Waals surface area contributed by atoms with Gasteiger partial charge in [0.25, 0.3) is 0 Å². The van der Waals surface area contributed by atoms with Crippen LogP contribution in [0.1, 0.15) is 0 Å². The van der Waals surface area contributed by atoms with Crippen molar-refractivity contribution in [2.24, 2.45) is 0 Å². The third-order valence-corrected chi connectivity index (χ3v) is 7.95. The Morgan fingerprint density at radius 1 is 0.654 bits per heavy atom. The van der Waals surface area contributed by atoms with Gasteiger partial charge >= 0.3 is 149 Å². The number of rotatable bonds is 4. The second-order valence-electron chi connectivity index (χ2n) is 5.67. The van der Waals surface area contributed by atoms with E-state index in [-0.39, 0.29) is 0 Å². The van der Waals surface area contributed by atoms with E-state index in [1.807, 2.05) is 0 Å². The molecule has 3 rings (SSSR count). The summed E-state index contributed by atoms with van der Waals surface area (Å²) in [7, 11) is -3.67. The first-order valence-electron chi connectivity index (χ1n) is 7.91. The molecule has 0 atom stereocenters. The van der Waals surface area contributed by atoms with Crippen molar-refractivity contribution in [2.45, 2.75) is 6.18 Å². The van der Waals surface area contributed by atoms with E-state index in [1.165, 1.54) is 0 Å². The van der Waals surface area contributed by atoms with Crippen LogP contribution in [0, 0.1) is 0 Å². The van der Waals surface area contributed by atoms with E-state index in [0.29, 0.717) is 15.9 Å². The van der Waals surface area contributed by atoms with E-state index in [4.69, 9.17) is 4.52 Å². The fourth-order valence-electron chi connectivity index (χ4n) is 2.89. The zero-order chi connectivity index (χ0) is 18.6. The summed E-state index contributed by atoms with van der Waals surface area (Å²) >= 11 is 0. The van der Waals surface area contributed by atoms with E-state index >= 15 is 0 Å². The Morgan fingerprint density at radius 2 is 0.962 bits per heavy atom. The van der Waals surface area contributed by atoms with Gasteiger partial charge in [-0.2, -0.15) is 0 Å². The summed E-state index contributed by atoms with van der Waals surface area (Å²) in [6.45, 7) is 0. The Morgan fingerprint density at radius 3 is 1.23 bits per heavy atom. The van der Waals surface area contributed by atoms with Crippen LogP contribution in [-0.2, 0) is 9.32 Å². The molecule has 0 bridgehead atoms. The first kappa shape index (κ1) is 18.2. The van der Waals surface area contributed by atoms with Crippen LogP contribution in [0.25, 0.3) is 0 Å². The van der Waals surface area contributed by atoms with Gasteiger partial charge in [0.05, 0.1) is 0 Å². The molecule has 2 nitrogen and oxygen atoms in total. The van der Waals surface area contributed by atoms with Crippen molar-refractivity contribution < 1.29 is 22.5 Å². The molecule has 0 radical (unpaired) electrons. The second kappa shape index (κ2) is 7.30. The Hall–Kier alpha value is -2.65. The van der Waals surface area contributed by atoms with Crippen LogP contribution < -0.4 is 15.9 Å². The summed E-state index contributed by atoms with van der Waals surface area (Å²) < 4.78 is 44.6. The third-order valence-electron chi connectivity index (χ3n) is 4.02. The van der Waals surface area contributed by atoms with Crippen molar-refractivity contribution in [3.05, 3.63) is 91.0 Å². The fourth-order valence-corrected chi connectivity index (χ4v) is 6.63. The molecule has 0 heterocycles. The summed E-state index contributed by atoms with van der Waals surface area (Å²) in [4.78, 5) is 11.9. The van der Waals surface area contributed by atoms with E-state index < -0.39 is 19.6 Å². The van der Waals surface area contributed by atoms with Crippen LogP contribution in [0.2, 0.25) is 0 Å². The zero-order valence-corrected chi connectivity index (χ0v) is 14.6. The second-order valence-corrected chi connectivity index (χ2v) is 8.97. The van der Waals surface area contributed by atoms with Gasteiger partial charge in [-0.15, -0.1) is 0 Å². The van der Waals surface area contributed by atoms with Crippen molar-refractivity contribution >= 4 is 29.4 Å². The Balaban J connectivity index is 2.30. The average molecular weight is 376 g/mol. The number of hydrogen-bond donors (Lipinski definition) is 0. The first-order chi connectivity index (χ1) is 12.4. The van der Waals surface area contributed by atoms with Gasteiger partial charge in [-0.25, -0.2) is 0 Å². The van der Waals surface area contributed by atoms with Crippen molar-refractivity contribution in [1.82, 2.24) is 0 Å². The van der Waals surface area contributed by atoms with E-state index in [1.54, 1.807) is 91.0 Å². The molecule has 0 saturated carbocycles. The maximum atomic E-state index is 13.1. The summed E-state index contributed by atoms with van der Waals surface area (Å²) in [5.74, 6) is -2.18. The molecule has 0 aliphatic carbocycles. The molecule has 0 aliphatic heterocycles. The van der Waals surface area contributed by atoms with E-state index in [0.717, 1.165) is 0 Å². The molecular formula is C20H16F3O2P. The van der Waals surface area contributed by atoms with Crippen molar-refractivity contribution in [3.8, 4) is 0 Å². The molecule has 0 aromatic heterocycles. The topological polar surface area (TPSA) is 26.3 Å². The molecule has 0 N–H and O–H groups in total. The molecule has 0 unspecified atom stereocenters. The standard InChI is InChI=1S/C20H16F3O2P/c21-20(22,23)19(24)25-26(16-10-4-1-5-11-16,17-12-6-2-7-13-17)18-14-8-3-9-15-18/h1-15,26H. The molecule has 0 amide bonds. The number of alkyl halides is 3. The monoisotopic (exact) mass is 376 g/mol.